The minimum atomic E-state index is -0.842. The highest BCUT2D eigenvalue weighted by Gasteiger charge is 2.47. The number of hydrogen-bond donors (Lipinski definition) is 1. The Morgan fingerprint density at radius 1 is 1.33 bits per heavy atom. The normalized spacial score (nSPS) is 27.3. The van der Waals surface area contributed by atoms with E-state index in [0.717, 1.165) is 41.2 Å². The summed E-state index contributed by atoms with van der Waals surface area (Å²) in [5, 5.41) is 11.0. The molecule has 1 fully saturated rings. The van der Waals surface area contributed by atoms with Gasteiger partial charge < -0.3 is 19.3 Å². The Kier molecular flexibility index (Phi) is 5.61. The van der Waals surface area contributed by atoms with E-state index in [9.17, 15) is 5.11 Å². The number of methoxy groups -OCH3 is 1. The molecule has 0 amide bonds. The van der Waals surface area contributed by atoms with Gasteiger partial charge in [-0.15, -0.1) is 11.3 Å². The third-order valence-corrected chi connectivity index (χ3v) is 6.77. The number of fused-ring (bicyclic) bond motifs is 2. The zero-order valence-electron chi connectivity index (χ0n) is 15.7. The van der Waals surface area contributed by atoms with Crippen molar-refractivity contribution in [2.45, 2.75) is 57.2 Å². The Balaban J connectivity index is 1.60. The number of benzene rings is 1. The smallest absolute Gasteiger partial charge is 0.198 e. The molecule has 3 heterocycles. The van der Waals surface area contributed by atoms with Crippen molar-refractivity contribution in [3.63, 3.8) is 0 Å². The first-order valence-electron chi connectivity index (χ1n) is 9.37. The lowest BCUT2D eigenvalue weighted by Crippen LogP contribution is -2.43. The lowest BCUT2D eigenvalue weighted by molar-refractivity contribution is -0.295. The molecule has 2 unspecified atom stereocenters. The molecule has 146 valence electrons. The van der Waals surface area contributed by atoms with Gasteiger partial charge in [0.25, 0.3) is 0 Å². The SMILES string of the molecule is COCCc1ccc(Cc2cc3c(cc2Cl)CO[C@@]32CC(O)CC(C)O2)s1. The van der Waals surface area contributed by atoms with Gasteiger partial charge in [0.2, 0.25) is 0 Å². The van der Waals surface area contributed by atoms with Gasteiger partial charge in [0, 0.05) is 46.7 Å². The van der Waals surface area contributed by atoms with Crippen molar-refractivity contribution in [1.82, 2.24) is 0 Å². The Morgan fingerprint density at radius 3 is 2.93 bits per heavy atom. The van der Waals surface area contributed by atoms with E-state index in [0.29, 0.717) is 19.4 Å². The molecule has 0 bridgehead atoms. The minimum absolute atomic E-state index is 0.0422. The van der Waals surface area contributed by atoms with Crippen LogP contribution in [0.2, 0.25) is 5.02 Å². The van der Waals surface area contributed by atoms with Crippen molar-refractivity contribution in [3.05, 3.63) is 55.7 Å². The number of rotatable bonds is 5. The maximum atomic E-state index is 10.3. The van der Waals surface area contributed by atoms with Gasteiger partial charge in [0.05, 0.1) is 25.4 Å². The van der Waals surface area contributed by atoms with Crippen LogP contribution in [0.1, 0.15) is 46.2 Å². The van der Waals surface area contributed by atoms with E-state index in [4.69, 9.17) is 25.8 Å². The third-order valence-electron chi connectivity index (χ3n) is 5.28. The van der Waals surface area contributed by atoms with Crippen molar-refractivity contribution in [1.29, 1.82) is 0 Å². The zero-order valence-corrected chi connectivity index (χ0v) is 17.2. The van der Waals surface area contributed by atoms with Gasteiger partial charge in [0.1, 0.15) is 0 Å². The zero-order chi connectivity index (χ0) is 19.0. The van der Waals surface area contributed by atoms with Crippen LogP contribution in [0, 0.1) is 0 Å². The number of thiophene rings is 1. The molecular weight excluding hydrogens is 384 g/mol. The second-order valence-corrected chi connectivity index (χ2v) is 9.11. The highest BCUT2D eigenvalue weighted by Crippen LogP contribution is 2.47. The molecule has 0 radical (unpaired) electrons. The molecule has 4 nitrogen and oxygen atoms in total. The number of ether oxygens (including phenoxy) is 3. The highest BCUT2D eigenvalue weighted by atomic mass is 35.5. The van der Waals surface area contributed by atoms with E-state index in [2.05, 4.69) is 18.2 Å². The fourth-order valence-electron chi connectivity index (χ4n) is 4.05. The molecule has 27 heavy (non-hydrogen) atoms. The Hall–Kier alpha value is -0.950. The maximum Gasteiger partial charge on any atom is 0.198 e. The summed E-state index contributed by atoms with van der Waals surface area (Å²) in [6.45, 7) is 3.18. The number of halogens is 1. The quantitative estimate of drug-likeness (QED) is 0.795. The molecule has 1 spiro atoms. The predicted octanol–water partition coefficient (Wildman–Crippen LogP) is 4.42. The minimum Gasteiger partial charge on any atom is -0.393 e. The highest BCUT2D eigenvalue weighted by molar-refractivity contribution is 7.12. The van der Waals surface area contributed by atoms with Crippen LogP contribution in [-0.2, 0) is 39.4 Å². The van der Waals surface area contributed by atoms with Crippen molar-refractivity contribution in [2.75, 3.05) is 13.7 Å². The van der Waals surface area contributed by atoms with Crippen LogP contribution in [0.15, 0.2) is 24.3 Å². The molecule has 4 rings (SSSR count). The second-order valence-electron chi connectivity index (χ2n) is 7.45. The molecule has 1 saturated heterocycles. The van der Waals surface area contributed by atoms with Crippen LogP contribution in [-0.4, -0.2) is 31.0 Å². The molecule has 3 atom stereocenters. The van der Waals surface area contributed by atoms with E-state index in [1.165, 1.54) is 9.75 Å². The van der Waals surface area contributed by atoms with Crippen LogP contribution in [0.5, 0.6) is 0 Å². The summed E-state index contributed by atoms with van der Waals surface area (Å²) < 4.78 is 17.4. The molecule has 2 aromatic rings. The van der Waals surface area contributed by atoms with Crippen molar-refractivity contribution < 1.29 is 19.3 Å². The molecule has 1 N–H and O–H groups in total. The van der Waals surface area contributed by atoms with Gasteiger partial charge in [-0.2, -0.15) is 0 Å². The summed E-state index contributed by atoms with van der Waals surface area (Å²) in [6, 6.07) is 8.43. The molecular formula is C21H25ClO4S. The van der Waals surface area contributed by atoms with E-state index < -0.39 is 11.9 Å². The van der Waals surface area contributed by atoms with Crippen LogP contribution in [0.4, 0.5) is 0 Å². The molecule has 2 aliphatic rings. The summed E-state index contributed by atoms with van der Waals surface area (Å²) in [7, 11) is 1.72. The molecule has 6 heteroatoms. The van der Waals surface area contributed by atoms with Crippen LogP contribution >= 0.6 is 22.9 Å². The average molecular weight is 409 g/mol. The molecule has 2 aliphatic heterocycles. The topological polar surface area (TPSA) is 47.9 Å². The predicted molar refractivity (Wildman–Crippen MR) is 106 cm³/mol. The lowest BCUT2D eigenvalue weighted by atomic mass is 9.90. The van der Waals surface area contributed by atoms with Crippen LogP contribution in [0.25, 0.3) is 0 Å². The van der Waals surface area contributed by atoms with Crippen LogP contribution in [0.3, 0.4) is 0 Å². The summed E-state index contributed by atoms with van der Waals surface area (Å²) >= 11 is 8.37. The summed E-state index contributed by atoms with van der Waals surface area (Å²) in [4.78, 5) is 2.59. The summed E-state index contributed by atoms with van der Waals surface area (Å²) in [5.41, 5.74) is 3.14. The van der Waals surface area contributed by atoms with Gasteiger partial charge in [-0.05, 0) is 48.7 Å². The van der Waals surface area contributed by atoms with Crippen LogP contribution < -0.4 is 0 Å². The third kappa shape index (κ3) is 3.95. The number of aliphatic hydroxyl groups excluding tert-OH is 1. The maximum absolute atomic E-state index is 10.3. The Labute approximate surface area is 169 Å². The average Bonchev–Trinajstić information content (AvgIpc) is 3.18. The Bertz CT molecular complexity index is 809. The van der Waals surface area contributed by atoms with Gasteiger partial charge in [-0.25, -0.2) is 0 Å². The first-order chi connectivity index (χ1) is 13.0. The monoisotopic (exact) mass is 408 g/mol. The first-order valence-corrected chi connectivity index (χ1v) is 10.6. The molecule has 1 aromatic heterocycles. The first kappa shape index (κ1) is 19.4. The van der Waals surface area contributed by atoms with Gasteiger partial charge in [-0.3, -0.25) is 0 Å². The van der Waals surface area contributed by atoms with E-state index in [-0.39, 0.29) is 6.10 Å². The van der Waals surface area contributed by atoms with Crippen molar-refractivity contribution in [3.8, 4) is 0 Å². The summed E-state index contributed by atoms with van der Waals surface area (Å²) in [5.74, 6) is -0.842. The molecule has 0 saturated carbocycles. The van der Waals surface area contributed by atoms with Gasteiger partial charge in [0.15, 0.2) is 5.79 Å². The second kappa shape index (κ2) is 7.82. The Morgan fingerprint density at radius 2 is 2.15 bits per heavy atom. The standard InChI is InChI=1S/C21H25ClO4S/c1-13-7-16(23)11-21(26-13)19-9-14(20(22)10-15(19)12-25-21)8-18-4-3-17(27-18)5-6-24-2/h3-4,9-10,13,16,23H,5-8,11-12H2,1-2H3/t13?,16?,21-/m1/s1. The fraction of sp³-hybridized carbons (Fsp3) is 0.524. The van der Waals surface area contributed by atoms with Gasteiger partial charge >= 0.3 is 0 Å². The lowest BCUT2D eigenvalue weighted by Gasteiger charge is -2.39. The molecule has 0 aliphatic carbocycles. The summed E-state index contributed by atoms with van der Waals surface area (Å²) in [6.07, 6.45) is 2.35. The van der Waals surface area contributed by atoms with E-state index in [1.807, 2.05) is 13.0 Å². The van der Waals surface area contributed by atoms with Crippen molar-refractivity contribution >= 4 is 22.9 Å². The van der Waals surface area contributed by atoms with E-state index in [1.54, 1.807) is 18.4 Å². The van der Waals surface area contributed by atoms with E-state index >= 15 is 0 Å². The largest absolute Gasteiger partial charge is 0.393 e. The van der Waals surface area contributed by atoms with Gasteiger partial charge in [-0.1, -0.05) is 11.6 Å². The molecule has 1 aromatic carbocycles. The fourth-order valence-corrected chi connectivity index (χ4v) is 5.32. The number of hydrogen-bond acceptors (Lipinski definition) is 5. The number of aliphatic hydroxyl groups is 1. The van der Waals surface area contributed by atoms with Crippen molar-refractivity contribution in [2.24, 2.45) is 0 Å².